The van der Waals surface area contributed by atoms with Crippen molar-refractivity contribution in [1.82, 2.24) is 4.90 Å². The molecule has 2 heterocycles. The van der Waals surface area contributed by atoms with Crippen molar-refractivity contribution < 1.29 is 9.53 Å². The number of ether oxygens (including phenoxy) is 1. The molecule has 110 valence electrons. The van der Waals surface area contributed by atoms with Gasteiger partial charge in [0.05, 0.1) is 19.6 Å². The second kappa shape index (κ2) is 6.73. The molecule has 1 saturated heterocycles. The van der Waals surface area contributed by atoms with Gasteiger partial charge in [0.2, 0.25) is 5.91 Å². The fourth-order valence-electron chi connectivity index (χ4n) is 2.46. The van der Waals surface area contributed by atoms with E-state index in [-0.39, 0.29) is 12.0 Å². The number of hydrogen-bond acceptors (Lipinski definition) is 3. The monoisotopic (exact) mass is 365 g/mol. The maximum Gasteiger partial charge on any atom is 0.228 e. The number of amides is 1. The van der Waals surface area contributed by atoms with Crippen molar-refractivity contribution in [2.24, 2.45) is 0 Å². The summed E-state index contributed by atoms with van der Waals surface area (Å²) >= 11 is 5.11. The van der Waals surface area contributed by atoms with E-state index in [9.17, 15) is 4.79 Å². The fraction of sp³-hybridized carbons (Fsp3) is 0.312. The highest BCUT2D eigenvalue weighted by Crippen LogP contribution is 2.25. The Balaban J connectivity index is 1.66. The fourth-order valence-corrected chi connectivity index (χ4v) is 3.57. The van der Waals surface area contributed by atoms with Gasteiger partial charge in [-0.15, -0.1) is 11.3 Å². The molecule has 0 aliphatic carbocycles. The Hall–Kier alpha value is -1.17. The van der Waals surface area contributed by atoms with Crippen LogP contribution < -0.4 is 0 Å². The molecule has 0 saturated carbocycles. The number of carbonyl (C=O) groups excluding carboxylic acids is 1. The Bertz CT molecular complexity index is 614. The highest BCUT2D eigenvalue weighted by atomic mass is 79.9. The van der Waals surface area contributed by atoms with Crippen LogP contribution in [0.3, 0.4) is 0 Å². The van der Waals surface area contributed by atoms with Crippen LogP contribution in [-0.2, 0) is 16.0 Å². The van der Waals surface area contributed by atoms with Crippen molar-refractivity contribution in [2.45, 2.75) is 12.5 Å². The molecule has 0 spiro atoms. The van der Waals surface area contributed by atoms with E-state index in [2.05, 4.69) is 22.0 Å². The molecule has 1 aliphatic heterocycles. The first kappa shape index (κ1) is 14.8. The number of halogens is 1. The molecule has 1 atom stereocenters. The van der Waals surface area contributed by atoms with Crippen molar-refractivity contribution in [3.63, 3.8) is 0 Å². The minimum absolute atomic E-state index is 0.0384. The van der Waals surface area contributed by atoms with Gasteiger partial charge in [-0.2, -0.15) is 0 Å². The Labute approximate surface area is 136 Å². The Kier molecular flexibility index (Phi) is 4.73. The van der Waals surface area contributed by atoms with E-state index < -0.39 is 0 Å². The van der Waals surface area contributed by atoms with Crippen LogP contribution in [0.5, 0.6) is 0 Å². The summed E-state index contributed by atoms with van der Waals surface area (Å²) in [5.41, 5.74) is 1.11. The third-order valence-electron chi connectivity index (χ3n) is 3.55. The molecule has 5 heteroatoms. The van der Waals surface area contributed by atoms with E-state index in [0.29, 0.717) is 26.1 Å². The van der Waals surface area contributed by atoms with Crippen LogP contribution >= 0.6 is 27.3 Å². The number of thiophene rings is 1. The average Bonchev–Trinajstić information content (AvgIpc) is 3.00. The quantitative estimate of drug-likeness (QED) is 0.830. The Morgan fingerprint density at radius 1 is 1.38 bits per heavy atom. The summed E-state index contributed by atoms with van der Waals surface area (Å²) in [6.45, 7) is 1.89. The van der Waals surface area contributed by atoms with Crippen LogP contribution in [0, 0.1) is 0 Å². The van der Waals surface area contributed by atoms with Crippen LogP contribution in [0.25, 0.3) is 0 Å². The second-order valence-electron chi connectivity index (χ2n) is 5.01. The summed E-state index contributed by atoms with van der Waals surface area (Å²) in [5, 5.41) is 2.01. The van der Waals surface area contributed by atoms with Gasteiger partial charge in [0.1, 0.15) is 6.10 Å². The summed E-state index contributed by atoms with van der Waals surface area (Å²) < 4.78 is 6.86. The van der Waals surface area contributed by atoms with Gasteiger partial charge in [0, 0.05) is 15.9 Å². The molecule has 1 unspecified atom stereocenters. The lowest BCUT2D eigenvalue weighted by Gasteiger charge is -2.33. The minimum atomic E-state index is -0.0384. The molecular formula is C16H16BrNO2S. The van der Waals surface area contributed by atoms with E-state index in [4.69, 9.17) is 4.74 Å². The van der Waals surface area contributed by atoms with Gasteiger partial charge >= 0.3 is 0 Å². The molecule has 0 radical (unpaired) electrons. The van der Waals surface area contributed by atoms with Crippen LogP contribution in [0.2, 0.25) is 0 Å². The van der Waals surface area contributed by atoms with E-state index >= 15 is 0 Å². The third-order valence-corrected chi connectivity index (χ3v) is 4.91. The predicted molar refractivity (Wildman–Crippen MR) is 87.4 cm³/mol. The zero-order chi connectivity index (χ0) is 14.7. The lowest BCUT2D eigenvalue weighted by Crippen LogP contribution is -2.42. The van der Waals surface area contributed by atoms with Crippen LogP contribution in [0.1, 0.15) is 16.5 Å². The normalized spacial score (nSPS) is 18.7. The summed E-state index contributed by atoms with van der Waals surface area (Å²) in [5.74, 6) is 0.181. The second-order valence-corrected chi connectivity index (χ2v) is 6.96. The van der Waals surface area contributed by atoms with Crippen molar-refractivity contribution in [2.75, 3.05) is 19.7 Å². The lowest BCUT2D eigenvalue weighted by molar-refractivity contribution is -0.138. The molecule has 1 aromatic carbocycles. The topological polar surface area (TPSA) is 29.5 Å². The maximum absolute atomic E-state index is 12.4. The molecule has 3 nitrogen and oxygen atoms in total. The maximum atomic E-state index is 12.4. The van der Waals surface area contributed by atoms with Gasteiger partial charge in [0.25, 0.3) is 0 Å². The highest BCUT2D eigenvalue weighted by molar-refractivity contribution is 9.10. The van der Waals surface area contributed by atoms with Gasteiger partial charge in [-0.05, 0) is 29.1 Å². The van der Waals surface area contributed by atoms with Gasteiger partial charge in [0.15, 0.2) is 0 Å². The standard InChI is InChI=1S/C16H16BrNO2S/c17-13-4-1-3-12(9-13)15-11-18(6-7-20-15)16(19)10-14-5-2-8-21-14/h1-5,8-9,15H,6-7,10-11H2. The predicted octanol–water partition coefficient (Wildman–Crippen LogP) is 3.65. The van der Waals surface area contributed by atoms with Crippen molar-refractivity contribution in [3.05, 3.63) is 56.7 Å². The summed E-state index contributed by atoms with van der Waals surface area (Å²) in [4.78, 5) is 15.4. The number of nitrogens with zero attached hydrogens (tertiary/aromatic N) is 1. The Morgan fingerprint density at radius 2 is 2.29 bits per heavy atom. The van der Waals surface area contributed by atoms with Crippen molar-refractivity contribution in [3.8, 4) is 0 Å². The number of benzene rings is 1. The number of rotatable bonds is 3. The molecule has 21 heavy (non-hydrogen) atoms. The van der Waals surface area contributed by atoms with Crippen LogP contribution in [0.15, 0.2) is 46.3 Å². The number of hydrogen-bond donors (Lipinski definition) is 0. The van der Waals surface area contributed by atoms with E-state index in [1.54, 1.807) is 11.3 Å². The average molecular weight is 366 g/mol. The molecule has 0 N–H and O–H groups in total. The molecule has 1 aromatic heterocycles. The van der Waals surface area contributed by atoms with Crippen molar-refractivity contribution in [1.29, 1.82) is 0 Å². The smallest absolute Gasteiger partial charge is 0.228 e. The first-order valence-corrected chi connectivity index (χ1v) is 8.57. The summed E-state index contributed by atoms with van der Waals surface area (Å²) in [7, 11) is 0. The van der Waals surface area contributed by atoms with Crippen LogP contribution in [0.4, 0.5) is 0 Å². The zero-order valence-corrected chi connectivity index (χ0v) is 13.9. The first-order chi connectivity index (χ1) is 10.2. The van der Waals surface area contributed by atoms with E-state index in [1.807, 2.05) is 40.6 Å². The zero-order valence-electron chi connectivity index (χ0n) is 11.5. The minimum Gasteiger partial charge on any atom is -0.370 e. The number of morpholine rings is 1. The van der Waals surface area contributed by atoms with Gasteiger partial charge < -0.3 is 9.64 Å². The van der Waals surface area contributed by atoms with Crippen molar-refractivity contribution >= 4 is 33.2 Å². The molecular weight excluding hydrogens is 350 g/mol. The first-order valence-electron chi connectivity index (χ1n) is 6.89. The van der Waals surface area contributed by atoms with E-state index in [1.165, 1.54) is 0 Å². The van der Waals surface area contributed by atoms with E-state index in [0.717, 1.165) is 14.9 Å². The molecule has 0 bridgehead atoms. The Morgan fingerprint density at radius 3 is 3.05 bits per heavy atom. The SMILES string of the molecule is O=C(Cc1cccs1)N1CCOC(c2cccc(Br)c2)C1. The van der Waals surface area contributed by atoms with Gasteiger partial charge in [-0.25, -0.2) is 0 Å². The van der Waals surface area contributed by atoms with Gasteiger partial charge in [-0.1, -0.05) is 34.1 Å². The molecule has 1 amide bonds. The van der Waals surface area contributed by atoms with Gasteiger partial charge in [-0.3, -0.25) is 4.79 Å². The summed E-state index contributed by atoms with van der Waals surface area (Å²) in [6, 6.07) is 12.1. The largest absolute Gasteiger partial charge is 0.370 e. The number of carbonyl (C=O) groups is 1. The molecule has 3 rings (SSSR count). The molecule has 2 aromatic rings. The highest BCUT2D eigenvalue weighted by Gasteiger charge is 2.25. The summed E-state index contributed by atoms with van der Waals surface area (Å²) in [6.07, 6.45) is 0.451. The molecule has 1 aliphatic rings. The van der Waals surface area contributed by atoms with Crippen LogP contribution in [-0.4, -0.2) is 30.5 Å². The lowest BCUT2D eigenvalue weighted by atomic mass is 10.1. The molecule has 1 fully saturated rings. The third kappa shape index (κ3) is 3.73.